The molecule has 0 aliphatic carbocycles. The molecule has 0 aliphatic rings. The number of hydrogen-bond donors (Lipinski definition) is 0. The quantitative estimate of drug-likeness (QED) is 0.471. The van der Waals surface area contributed by atoms with Crippen LogP contribution in [0.4, 0.5) is 0 Å². The van der Waals surface area contributed by atoms with E-state index in [1.54, 1.807) is 19.3 Å². The second-order valence-electron chi connectivity index (χ2n) is 5.44. The zero-order valence-corrected chi connectivity index (χ0v) is 15.2. The number of ketones is 1. The van der Waals surface area contributed by atoms with E-state index in [1.807, 2.05) is 42.8 Å². The third-order valence-electron chi connectivity index (χ3n) is 3.70. The number of rotatable bonds is 7. The van der Waals surface area contributed by atoms with Gasteiger partial charge in [0, 0.05) is 23.9 Å². The van der Waals surface area contributed by atoms with E-state index in [0.717, 1.165) is 16.5 Å². The molecule has 0 radical (unpaired) electrons. The molecule has 1 aromatic carbocycles. The van der Waals surface area contributed by atoms with Crippen LogP contribution in [0.1, 0.15) is 29.8 Å². The first-order chi connectivity index (χ1) is 12.1. The van der Waals surface area contributed by atoms with Gasteiger partial charge in [0.2, 0.25) is 0 Å². The van der Waals surface area contributed by atoms with Gasteiger partial charge in [0.1, 0.15) is 5.75 Å². The molecule has 0 amide bonds. The first-order valence-electron chi connectivity index (χ1n) is 7.93. The summed E-state index contributed by atoms with van der Waals surface area (Å²) in [7, 11) is 1.90. The van der Waals surface area contributed by atoms with E-state index in [2.05, 4.69) is 10.2 Å². The summed E-state index contributed by atoms with van der Waals surface area (Å²) in [5.41, 5.74) is 1.63. The van der Waals surface area contributed by atoms with E-state index in [1.165, 1.54) is 11.8 Å². The minimum Gasteiger partial charge on any atom is -0.494 e. The number of nitrogens with zero attached hydrogens (tertiary/aromatic N) is 3. The maximum Gasteiger partial charge on any atom is 0.200 e. The number of thioether (sulfide) groups is 1. The van der Waals surface area contributed by atoms with Crippen molar-refractivity contribution in [3.63, 3.8) is 0 Å². The van der Waals surface area contributed by atoms with Gasteiger partial charge < -0.3 is 13.7 Å². The molecule has 0 aliphatic heterocycles. The van der Waals surface area contributed by atoms with Gasteiger partial charge in [-0.05, 0) is 44.2 Å². The van der Waals surface area contributed by atoms with E-state index < -0.39 is 0 Å². The summed E-state index contributed by atoms with van der Waals surface area (Å²) in [5, 5.41) is 9.18. The lowest BCUT2D eigenvalue weighted by molar-refractivity contribution is 0.101. The van der Waals surface area contributed by atoms with Gasteiger partial charge in [0.05, 0.1) is 12.9 Å². The summed E-state index contributed by atoms with van der Waals surface area (Å²) in [6, 6.07) is 9.18. The number of aromatic nitrogens is 3. The Kier molecular flexibility index (Phi) is 5.23. The van der Waals surface area contributed by atoms with Crippen molar-refractivity contribution in [2.75, 3.05) is 6.61 Å². The van der Waals surface area contributed by atoms with Gasteiger partial charge in [-0.25, -0.2) is 0 Å². The summed E-state index contributed by atoms with van der Waals surface area (Å²) in [5.74, 6) is 2.80. The fourth-order valence-corrected chi connectivity index (χ4v) is 3.30. The van der Waals surface area contributed by atoms with Crippen molar-refractivity contribution in [3.8, 4) is 17.3 Å². The Labute approximate surface area is 150 Å². The van der Waals surface area contributed by atoms with E-state index in [9.17, 15) is 4.79 Å². The number of carbonyl (C=O) groups excluding carboxylic acids is 1. The Hall–Kier alpha value is -2.54. The third kappa shape index (κ3) is 3.76. The average Bonchev–Trinajstić information content (AvgIpc) is 3.24. The molecule has 0 fully saturated rings. The van der Waals surface area contributed by atoms with E-state index in [-0.39, 0.29) is 5.78 Å². The standard InChI is InChI=1S/C18H19N3O3S/c1-4-23-15-8-7-13(12(2)22)10-14(15)11-25-18-20-19-17(21(18)3)16-6-5-9-24-16/h5-10H,4,11H2,1-3H3. The van der Waals surface area contributed by atoms with Crippen LogP contribution in [-0.2, 0) is 12.8 Å². The van der Waals surface area contributed by atoms with Gasteiger partial charge in [-0.1, -0.05) is 11.8 Å². The Bertz CT molecular complexity index is 872. The molecule has 3 rings (SSSR count). The lowest BCUT2D eigenvalue weighted by Crippen LogP contribution is -2.00. The van der Waals surface area contributed by atoms with Crippen LogP contribution in [-0.4, -0.2) is 27.2 Å². The summed E-state index contributed by atoms with van der Waals surface area (Å²) >= 11 is 1.54. The number of Topliss-reactive ketones (excluding diaryl/α,β-unsaturated/α-hetero) is 1. The monoisotopic (exact) mass is 357 g/mol. The number of hydrogen-bond acceptors (Lipinski definition) is 6. The van der Waals surface area contributed by atoms with Gasteiger partial charge in [-0.2, -0.15) is 0 Å². The van der Waals surface area contributed by atoms with Gasteiger partial charge >= 0.3 is 0 Å². The first kappa shape index (κ1) is 17.3. The van der Waals surface area contributed by atoms with Crippen molar-refractivity contribution in [1.82, 2.24) is 14.8 Å². The van der Waals surface area contributed by atoms with Crippen LogP contribution >= 0.6 is 11.8 Å². The minimum absolute atomic E-state index is 0.0352. The lowest BCUT2D eigenvalue weighted by Gasteiger charge is -2.11. The van der Waals surface area contributed by atoms with Crippen molar-refractivity contribution >= 4 is 17.5 Å². The topological polar surface area (TPSA) is 70.2 Å². The summed E-state index contributed by atoms with van der Waals surface area (Å²) < 4.78 is 12.9. The van der Waals surface area contributed by atoms with Crippen LogP contribution in [0.15, 0.2) is 46.2 Å². The summed E-state index contributed by atoms with van der Waals surface area (Å²) in [4.78, 5) is 11.6. The molecular formula is C18H19N3O3S. The molecule has 3 aromatic rings. The van der Waals surface area contributed by atoms with Crippen molar-refractivity contribution < 1.29 is 13.9 Å². The molecule has 0 unspecified atom stereocenters. The first-order valence-corrected chi connectivity index (χ1v) is 8.91. The number of ether oxygens (including phenoxy) is 1. The maximum absolute atomic E-state index is 11.6. The normalized spacial score (nSPS) is 10.8. The zero-order chi connectivity index (χ0) is 17.8. The van der Waals surface area contributed by atoms with Crippen molar-refractivity contribution in [3.05, 3.63) is 47.7 Å². The molecular weight excluding hydrogens is 338 g/mol. The second-order valence-corrected chi connectivity index (χ2v) is 6.39. The molecule has 0 spiro atoms. The Morgan fingerprint density at radius 1 is 1.32 bits per heavy atom. The summed E-state index contributed by atoms with van der Waals surface area (Å²) in [6.07, 6.45) is 1.61. The van der Waals surface area contributed by atoms with E-state index in [4.69, 9.17) is 9.15 Å². The Balaban J connectivity index is 1.81. The lowest BCUT2D eigenvalue weighted by atomic mass is 10.1. The highest BCUT2D eigenvalue weighted by molar-refractivity contribution is 7.98. The van der Waals surface area contributed by atoms with Crippen LogP contribution < -0.4 is 4.74 Å². The predicted molar refractivity (Wildman–Crippen MR) is 95.9 cm³/mol. The van der Waals surface area contributed by atoms with Crippen LogP contribution in [0.3, 0.4) is 0 Å². The molecule has 0 saturated heterocycles. The SMILES string of the molecule is CCOc1ccc(C(C)=O)cc1CSc1nnc(-c2ccco2)n1C. The van der Waals surface area contributed by atoms with Gasteiger partial charge in [-0.3, -0.25) is 4.79 Å². The molecule has 0 saturated carbocycles. The summed E-state index contributed by atoms with van der Waals surface area (Å²) in [6.45, 7) is 4.07. The largest absolute Gasteiger partial charge is 0.494 e. The van der Waals surface area contributed by atoms with Gasteiger partial charge in [0.25, 0.3) is 0 Å². The molecule has 0 N–H and O–H groups in total. The van der Waals surface area contributed by atoms with Gasteiger partial charge in [0.15, 0.2) is 22.5 Å². The molecule has 7 heteroatoms. The van der Waals surface area contributed by atoms with Crippen LogP contribution in [0.2, 0.25) is 0 Å². The molecule has 6 nitrogen and oxygen atoms in total. The fraction of sp³-hybridized carbons (Fsp3) is 0.278. The Morgan fingerprint density at radius 3 is 2.84 bits per heavy atom. The molecule has 25 heavy (non-hydrogen) atoms. The number of carbonyl (C=O) groups is 1. The van der Waals surface area contributed by atoms with Gasteiger partial charge in [-0.15, -0.1) is 10.2 Å². The van der Waals surface area contributed by atoms with Crippen LogP contribution in [0.25, 0.3) is 11.6 Å². The highest BCUT2D eigenvalue weighted by atomic mass is 32.2. The molecule has 0 atom stereocenters. The third-order valence-corrected chi connectivity index (χ3v) is 4.77. The highest BCUT2D eigenvalue weighted by Crippen LogP contribution is 2.30. The average molecular weight is 357 g/mol. The number of benzene rings is 1. The van der Waals surface area contributed by atoms with Crippen molar-refractivity contribution in [2.45, 2.75) is 24.8 Å². The second kappa shape index (κ2) is 7.57. The predicted octanol–water partition coefficient (Wildman–Crippen LogP) is 3.97. The highest BCUT2D eigenvalue weighted by Gasteiger charge is 2.15. The van der Waals surface area contributed by atoms with Crippen LogP contribution in [0.5, 0.6) is 5.75 Å². The zero-order valence-electron chi connectivity index (χ0n) is 14.4. The maximum atomic E-state index is 11.6. The minimum atomic E-state index is 0.0352. The molecule has 0 bridgehead atoms. The number of furan rings is 1. The molecule has 130 valence electrons. The van der Waals surface area contributed by atoms with E-state index in [0.29, 0.717) is 29.5 Å². The van der Waals surface area contributed by atoms with Crippen LogP contribution in [0, 0.1) is 0 Å². The molecule has 2 heterocycles. The van der Waals surface area contributed by atoms with E-state index >= 15 is 0 Å². The fourth-order valence-electron chi connectivity index (χ4n) is 2.41. The molecule has 2 aromatic heterocycles. The smallest absolute Gasteiger partial charge is 0.200 e. The Morgan fingerprint density at radius 2 is 2.16 bits per heavy atom. The van der Waals surface area contributed by atoms with Crippen molar-refractivity contribution in [1.29, 1.82) is 0 Å². The van der Waals surface area contributed by atoms with Crippen molar-refractivity contribution in [2.24, 2.45) is 7.05 Å².